The van der Waals surface area contributed by atoms with E-state index in [4.69, 9.17) is 15.0 Å². The molecule has 0 aliphatic carbocycles. The smallest absolute Gasteiger partial charge is 0.258 e. The molecule has 1 aromatic carbocycles. The number of anilines is 1. The zero-order chi connectivity index (χ0) is 13.1. The van der Waals surface area contributed by atoms with Gasteiger partial charge in [-0.15, -0.1) is 0 Å². The second-order valence-corrected chi connectivity index (χ2v) is 4.78. The van der Waals surface area contributed by atoms with Gasteiger partial charge in [0.2, 0.25) is 5.82 Å². The summed E-state index contributed by atoms with van der Waals surface area (Å²) in [6.07, 6.45) is 0.641. The van der Waals surface area contributed by atoms with Crippen molar-refractivity contribution in [3.63, 3.8) is 0 Å². The summed E-state index contributed by atoms with van der Waals surface area (Å²) in [6, 6.07) is 5.47. The first-order valence-corrected chi connectivity index (χ1v) is 6.36. The van der Waals surface area contributed by atoms with Crippen molar-refractivity contribution in [1.29, 1.82) is 0 Å². The van der Waals surface area contributed by atoms with E-state index in [-0.39, 0.29) is 6.10 Å². The van der Waals surface area contributed by atoms with Gasteiger partial charge in [-0.05, 0) is 24.6 Å². The lowest BCUT2D eigenvalue weighted by molar-refractivity contribution is 0.0903. The van der Waals surface area contributed by atoms with Gasteiger partial charge in [0.25, 0.3) is 5.89 Å². The molecule has 0 bridgehead atoms. The summed E-state index contributed by atoms with van der Waals surface area (Å²) < 4.78 is 11.4. The van der Waals surface area contributed by atoms with Crippen LogP contribution in [0.15, 0.2) is 27.2 Å². The SMILES string of the molecule is CCC(OC)c1noc(-c2cc(N)cc(Br)c2)n1. The zero-order valence-corrected chi connectivity index (χ0v) is 11.8. The minimum Gasteiger partial charge on any atom is -0.399 e. The molecule has 1 atom stereocenters. The van der Waals surface area contributed by atoms with Gasteiger partial charge in [-0.3, -0.25) is 0 Å². The quantitative estimate of drug-likeness (QED) is 0.878. The summed E-state index contributed by atoms with van der Waals surface area (Å²) in [6.45, 7) is 2.00. The zero-order valence-electron chi connectivity index (χ0n) is 10.2. The van der Waals surface area contributed by atoms with Gasteiger partial charge in [0, 0.05) is 22.8 Å². The lowest BCUT2D eigenvalue weighted by Crippen LogP contribution is -2.01. The average molecular weight is 312 g/mol. The number of hydrogen-bond donors (Lipinski definition) is 1. The minimum absolute atomic E-state index is 0.146. The van der Waals surface area contributed by atoms with E-state index in [0.29, 0.717) is 17.4 Å². The number of methoxy groups -OCH3 is 1. The Labute approximate surface area is 113 Å². The molecule has 2 aromatic rings. The number of nitrogens with two attached hydrogens (primary N) is 1. The lowest BCUT2D eigenvalue weighted by atomic mass is 10.2. The molecular formula is C12H14BrN3O2. The van der Waals surface area contributed by atoms with Gasteiger partial charge in [-0.2, -0.15) is 4.98 Å². The molecule has 1 aromatic heterocycles. The highest BCUT2D eigenvalue weighted by molar-refractivity contribution is 9.10. The first-order valence-electron chi connectivity index (χ1n) is 5.57. The van der Waals surface area contributed by atoms with Crippen molar-refractivity contribution in [3.05, 3.63) is 28.5 Å². The van der Waals surface area contributed by atoms with Crippen LogP contribution in [0.5, 0.6) is 0 Å². The molecule has 96 valence electrons. The summed E-state index contributed by atoms with van der Waals surface area (Å²) in [7, 11) is 1.63. The molecule has 1 heterocycles. The Morgan fingerprint density at radius 3 is 2.83 bits per heavy atom. The Morgan fingerprint density at radius 1 is 1.44 bits per heavy atom. The molecular weight excluding hydrogens is 298 g/mol. The molecule has 1 unspecified atom stereocenters. The Kier molecular flexibility index (Phi) is 3.98. The number of benzene rings is 1. The monoisotopic (exact) mass is 311 g/mol. The number of aromatic nitrogens is 2. The number of nitrogens with zero attached hydrogens (tertiary/aromatic N) is 2. The Bertz CT molecular complexity index is 518. The molecule has 0 saturated carbocycles. The standard InChI is InChI=1S/C12H14BrN3O2/c1-3-10(17-2)11-15-12(18-16-11)7-4-8(13)6-9(14)5-7/h4-6,10H,3,14H2,1-2H3. The van der Waals surface area contributed by atoms with Gasteiger partial charge in [-0.25, -0.2) is 0 Å². The third kappa shape index (κ3) is 2.70. The number of ether oxygens (including phenoxy) is 1. The normalized spacial score (nSPS) is 12.6. The Hall–Kier alpha value is -1.40. The maximum Gasteiger partial charge on any atom is 0.258 e. The maximum absolute atomic E-state index is 5.77. The highest BCUT2D eigenvalue weighted by Gasteiger charge is 2.17. The van der Waals surface area contributed by atoms with E-state index in [1.165, 1.54) is 0 Å². The van der Waals surface area contributed by atoms with Crippen LogP contribution in [-0.2, 0) is 4.74 Å². The largest absolute Gasteiger partial charge is 0.399 e. The van der Waals surface area contributed by atoms with Crippen LogP contribution in [-0.4, -0.2) is 17.3 Å². The first-order chi connectivity index (χ1) is 8.63. The molecule has 0 aliphatic rings. The number of nitrogen functional groups attached to an aromatic ring is 1. The van der Waals surface area contributed by atoms with Gasteiger partial charge >= 0.3 is 0 Å². The van der Waals surface area contributed by atoms with Crippen molar-refractivity contribution in [2.24, 2.45) is 0 Å². The summed E-state index contributed by atoms with van der Waals surface area (Å²) >= 11 is 3.38. The third-order valence-electron chi connectivity index (χ3n) is 2.55. The molecule has 2 N–H and O–H groups in total. The van der Waals surface area contributed by atoms with Gasteiger partial charge in [-0.1, -0.05) is 28.0 Å². The van der Waals surface area contributed by atoms with Gasteiger partial charge in [0.05, 0.1) is 0 Å². The first kappa shape index (κ1) is 13.0. The van der Waals surface area contributed by atoms with Crippen LogP contribution in [0, 0.1) is 0 Å². The van der Waals surface area contributed by atoms with Crippen molar-refractivity contribution < 1.29 is 9.26 Å². The fourth-order valence-corrected chi connectivity index (χ4v) is 2.18. The number of rotatable bonds is 4. The Balaban J connectivity index is 2.34. The summed E-state index contributed by atoms with van der Waals surface area (Å²) in [5.74, 6) is 0.988. The van der Waals surface area contributed by atoms with E-state index in [1.807, 2.05) is 19.1 Å². The molecule has 0 amide bonds. The van der Waals surface area contributed by atoms with Crippen LogP contribution in [0.25, 0.3) is 11.5 Å². The number of hydrogen-bond acceptors (Lipinski definition) is 5. The molecule has 0 spiro atoms. The van der Waals surface area contributed by atoms with Gasteiger partial charge in [0.15, 0.2) is 0 Å². The molecule has 6 heteroatoms. The molecule has 0 aliphatic heterocycles. The van der Waals surface area contributed by atoms with Crippen LogP contribution in [0.1, 0.15) is 25.3 Å². The van der Waals surface area contributed by atoms with Crippen molar-refractivity contribution in [2.75, 3.05) is 12.8 Å². The summed E-state index contributed by atoms with van der Waals surface area (Å²) in [5.41, 5.74) is 7.19. The van der Waals surface area contributed by atoms with Crippen LogP contribution in [0.2, 0.25) is 0 Å². The highest BCUT2D eigenvalue weighted by atomic mass is 79.9. The summed E-state index contributed by atoms with van der Waals surface area (Å²) in [4.78, 5) is 4.33. The van der Waals surface area contributed by atoms with Crippen molar-refractivity contribution in [3.8, 4) is 11.5 Å². The van der Waals surface area contributed by atoms with Crippen LogP contribution in [0.4, 0.5) is 5.69 Å². The highest BCUT2D eigenvalue weighted by Crippen LogP contribution is 2.26. The van der Waals surface area contributed by atoms with Gasteiger partial charge in [0.1, 0.15) is 6.10 Å². The molecule has 5 nitrogen and oxygen atoms in total. The second-order valence-electron chi connectivity index (χ2n) is 3.86. The van der Waals surface area contributed by atoms with Crippen molar-refractivity contribution >= 4 is 21.6 Å². The fraction of sp³-hybridized carbons (Fsp3) is 0.333. The van der Waals surface area contributed by atoms with Crippen LogP contribution in [0.3, 0.4) is 0 Å². The predicted octanol–water partition coefficient (Wildman–Crippen LogP) is 3.18. The van der Waals surface area contributed by atoms with Crippen molar-refractivity contribution in [2.45, 2.75) is 19.4 Å². The Morgan fingerprint density at radius 2 is 2.22 bits per heavy atom. The molecule has 0 radical (unpaired) electrons. The summed E-state index contributed by atoms with van der Waals surface area (Å²) in [5, 5.41) is 3.93. The maximum atomic E-state index is 5.77. The molecule has 18 heavy (non-hydrogen) atoms. The fourth-order valence-electron chi connectivity index (χ4n) is 1.67. The second kappa shape index (κ2) is 5.49. The van der Waals surface area contributed by atoms with E-state index in [9.17, 15) is 0 Å². The van der Waals surface area contributed by atoms with E-state index in [0.717, 1.165) is 16.5 Å². The molecule has 0 fully saturated rings. The van der Waals surface area contributed by atoms with E-state index in [2.05, 4.69) is 26.1 Å². The minimum atomic E-state index is -0.146. The topological polar surface area (TPSA) is 74.2 Å². The van der Waals surface area contributed by atoms with E-state index in [1.54, 1.807) is 13.2 Å². The predicted molar refractivity (Wildman–Crippen MR) is 71.9 cm³/mol. The molecule has 0 saturated heterocycles. The average Bonchev–Trinajstić information content (AvgIpc) is 2.79. The third-order valence-corrected chi connectivity index (χ3v) is 3.01. The van der Waals surface area contributed by atoms with E-state index < -0.39 is 0 Å². The molecule has 2 rings (SSSR count). The van der Waals surface area contributed by atoms with E-state index >= 15 is 0 Å². The lowest BCUT2D eigenvalue weighted by Gasteiger charge is -2.06. The van der Waals surface area contributed by atoms with Gasteiger partial charge < -0.3 is 15.0 Å². The van der Waals surface area contributed by atoms with Crippen LogP contribution >= 0.6 is 15.9 Å². The van der Waals surface area contributed by atoms with Crippen molar-refractivity contribution in [1.82, 2.24) is 10.1 Å². The number of halogens is 1. The van der Waals surface area contributed by atoms with Crippen LogP contribution < -0.4 is 5.73 Å².